The van der Waals surface area contributed by atoms with Crippen LogP contribution in [0.4, 0.5) is 4.79 Å². The number of carbonyl (C=O) groups is 2. The van der Waals surface area contributed by atoms with Gasteiger partial charge in [0.05, 0.1) is 13.7 Å². The van der Waals surface area contributed by atoms with Crippen LogP contribution in [-0.2, 0) is 27.4 Å². The Balaban J connectivity index is 1.59. The van der Waals surface area contributed by atoms with Gasteiger partial charge in [-0.15, -0.1) is 0 Å². The third-order valence-corrected chi connectivity index (χ3v) is 5.09. The maximum atomic E-state index is 12.8. The van der Waals surface area contributed by atoms with Crippen molar-refractivity contribution < 1.29 is 23.9 Å². The number of benzene rings is 2. The van der Waals surface area contributed by atoms with Crippen LogP contribution >= 0.6 is 15.9 Å². The molecule has 2 aromatic rings. The van der Waals surface area contributed by atoms with E-state index < -0.39 is 12.1 Å². The van der Waals surface area contributed by atoms with E-state index in [1.165, 1.54) is 0 Å². The molecule has 0 aliphatic carbocycles. The first-order valence-electron chi connectivity index (χ1n) is 9.79. The molecule has 9 heteroatoms. The minimum absolute atomic E-state index is 0.116. The van der Waals surface area contributed by atoms with Gasteiger partial charge in [0.2, 0.25) is 5.91 Å². The van der Waals surface area contributed by atoms with Gasteiger partial charge in [-0.2, -0.15) is 0 Å². The lowest BCUT2D eigenvalue weighted by Crippen LogP contribution is -2.49. The highest BCUT2D eigenvalue weighted by atomic mass is 79.9. The van der Waals surface area contributed by atoms with Gasteiger partial charge in [0.1, 0.15) is 23.0 Å². The Kier molecular flexibility index (Phi) is 8.28. The quantitative estimate of drug-likeness (QED) is 0.563. The van der Waals surface area contributed by atoms with Crippen LogP contribution in [0.15, 0.2) is 59.8 Å². The van der Waals surface area contributed by atoms with Crippen LogP contribution in [-0.4, -0.2) is 42.4 Å². The summed E-state index contributed by atoms with van der Waals surface area (Å²) in [6.45, 7) is 0.391. The second kappa shape index (κ2) is 11.4. The zero-order valence-electron chi connectivity index (χ0n) is 17.0. The molecule has 2 aromatic carbocycles. The molecule has 0 aromatic heterocycles. The van der Waals surface area contributed by atoms with Crippen molar-refractivity contribution in [3.05, 3.63) is 65.7 Å². The topological polar surface area (TPSA) is 98.2 Å². The fraction of sp³-hybridized carbons (Fsp3) is 0.318. The van der Waals surface area contributed by atoms with Gasteiger partial charge in [-0.1, -0.05) is 47.6 Å². The third-order valence-electron chi connectivity index (χ3n) is 4.62. The summed E-state index contributed by atoms with van der Waals surface area (Å²) in [5, 5.41) is 9.29. The fourth-order valence-electron chi connectivity index (χ4n) is 2.95. The summed E-state index contributed by atoms with van der Waals surface area (Å²) in [6.07, 6.45) is -0.0384. The smallest absolute Gasteiger partial charge is 0.408 e. The summed E-state index contributed by atoms with van der Waals surface area (Å²) < 4.78 is 11.1. The molecule has 2 amide bonds. The molecular formula is C22H24BrN3O5. The van der Waals surface area contributed by atoms with Gasteiger partial charge >= 0.3 is 6.09 Å². The predicted molar refractivity (Wildman–Crippen MR) is 119 cm³/mol. The summed E-state index contributed by atoms with van der Waals surface area (Å²) >= 11 is 3.27. The van der Waals surface area contributed by atoms with Gasteiger partial charge in [-0.25, -0.2) is 4.79 Å². The Morgan fingerprint density at radius 1 is 1.16 bits per heavy atom. The molecule has 0 fully saturated rings. The molecule has 31 heavy (non-hydrogen) atoms. The molecule has 0 radical (unpaired) electrons. The van der Waals surface area contributed by atoms with Crippen LogP contribution in [0, 0.1) is 0 Å². The highest BCUT2D eigenvalue weighted by molar-refractivity contribution is 9.18. The molecule has 1 unspecified atom stereocenters. The molecule has 164 valence electrons. The summed E-state index contributed by atoms with van der Waals surface area (Å²) in [5.74, 6) is 0.378. The first-order valence-corrected chi connectivity index (χ1v) is 10.6. The lowest BCUT2D eigenvalue weighted by Gasteiger charge is -2.19. The number of hydrogen-bond donors (Lipinski definition) is 2. The van der Waals surface area contributed by atoms with E-state index in [0.717, 1.165) is 11.1 Å². The Hall–Kier alpha value is -3.07. The Morgan fingerprint density at radius 2 is 1.90 bits per heavy atom. The van der Waals surface area contributed by atoms with Crippen LogP contribution < -0.4 is 15.4 Å². The van der Waals surface area contributed by atoms with Crippen molar-refractivity contribution in [2.45, 2.75) is 31.6 Å². The van der Waals surface area contributed by atoms with Crippen LogP contribution in [0.1, 0.15) is 17.5 Å². The van der Waals surface area contributed by atoms with Gasteiger partial charge in [-0.05, 0) is 39.2 Å². The molecule has 0 saturated carbocycles. The normalized spacial score (nSPS) is 15.9. The number of amides is 2. The molecule has 0 bridgehead atoms. The molecule has 8 nitrogen and oxygen atoms in total. The van der Waals surface area contributed by atoms with Gasteiger partial charge in [0, 0.05) is 12.8 Å². The number of nitrogens with one attached hydrogen (secondary N) is 2. The number of hydrogen-bond acceptors (Lipinski definition) is 6. The van der Waals surface area contributed by atoms with Crippen molar-refractivity contribution >= 4 is 32.6 Å². The standard InChI is InChI=1S/C22H24BrN3O5/c1-29-17-9-7-15(8-10-17)11-19(21(27)24-13-18-12-20(23)26-31-18)25-22(28)30-14-16-5-3-2-4-6-16/h2-10,18-19H,11-14H2,1H3,(H,24,27)(H,25,28)/t18?,19-/m0/s1. The minimum Gasteiger partial charge on any atom is -0.497 e. The molecule has 1 aliphatic heterocycles. The molecule has 2 atom stereocenters. The maximum Gasteiger partial charge on any atom is 0.408 e. The van der Waals surface area contributed by atoms with Gasteiger partial charge in [-0.3, -0.25) is 4.79 Å². The van der Waals surface area contributed by atoms with Crippen LogP contribution in [0.5, 0.6) is 5.75 Å². The van der Waals surface area contributed by atoms with Gasteiger partial charge in [0.15, 0.2) is 6.10 Å². The Morgan fingerprint density at radius 3 is 2.55 bits per heavy atom. The van der Waals surface area contributed by atoms with Gasteiger partial charge in [0.25, 0.3) is 0 Å². The molecule has 1 aliphatic rings. The second-order valence-corrected chi connectivity index (χ2v) is 7.87. The van der Waals surface area contributed by atoms with Crippen LogP contribution in [0.25, 0.3) is 0 Å². The third kappa shape index (κ3) is 7.29. The number of nitrogens with zero attached hydrogens (tertiary/aromatic N) is 1. The van der Waals surface area contributed by atoms with E-state index in [2.05, 4.69) is 31.7 Å². The first-order chi connectivity index (χ1) is 15.0. The summed E-state index contributed by atoms with van der Waals surface area (Å²) in [4.78, 5) is 30.4. The second-order valence-electron chi connectivity index (χ2n) is 6.96. The Labute approximate surface area is 189 Å². The Bertz CT molecular complexity index is 905. The van der Waals surface area contributed by atoms with Crippen LogP contribution in [0.3, 0.4) is 0 Å². The average molecular weight is 490 g/mol. The number of methoxy groups -OCH3 is 1. The fourth-order valence-corrected chi connectivity index (χ4v) is 3.40. The monoisotopic (exact) mass is 489 g/mol. The number of alkyl carbamates (subject to hydrolysis) is 1. The van der Waals surface area contributed by atoms with Gasteiger partial charge < -0.3 is 24.9 Å². The van der Waals surface area contributed by atoms with Crippen LogP contribution in [0.2, 0.25) is 0 Å². The maximum absolute atomic E-state index is 12.8. The van der Waals surface area contributed by atoms with E-state index in [9.17, 15) is 9.59 Å². The average Bonchev–Trinajstić information content (AvgIpc) is 3.22. The van der Waals surface area contributed by atoms with Crippen molar-refractivity contribution in [1.82, 2.24) is 10.6 Å². The minimum atomic E-state index is -0.817. The largest absolute Gasteiger partial charge is 0.497 e. The lowest BCUT2D eigenvalue weighted by molar-refractivity contribution is -0.123. The van der Waals surface area contributed by atoms with Crippen molar-refractivity contribution in [2.24, 2.45) is 5.16 Å². The molecule has 0 spiro atoms. The SMILES string of the molecule is COc1ccc(C[C@H](NC(=O)OCc2ccccc2)C(=O)NCC2CC(Br)=NO2)cc1. The predicted octanol–water partition coefficient (Wildman–Crippen LogP) is 3.15. The van der Waals surface area contributed by atoms with E-state index >= 15 is 0 Å². The van der Waals surface area contributed by atoms with Crippen molar-refractivity contribution in [3.8, 4) is 5.75 Å². The summed E-state index contributed by atoms with van der Waals surface area (Å²) in [7, 11) is 1.59. The van der Waals surface area contributed by atoms with E-state index in [1.807, 2.05) is 42.5 Å². The molecular weight excluding hydrogens is 466 g/mol. The lowest BCUT2D eigenvalue weighted by atomic mass is 10.0. The number of ether oxygens (including phenoxy) is 2. The van der Waals surface area contributed by atoms with Crippen molar-refractivity contribution in [3.63, 3.8) is 0 Å². The molecule has 1 heterocycles. The highest BCUT2D eigenvalue weighted by Gasteiger charge is 2.25. The number of carbonyl (C=O) groups excluding carboxylic acids is 2. The molecule has 0 saturated heterocycles. The summed E-state index contributed by atoms with van der Waals surface area (Å²) in [5.41, 5.74) is 1.73. The molecule has 2 N–H and O–H groups in total. The van der Waals surface area contributed by atoms with Crippen molar-refractivity contribution in [2.75, 3.05) is 13.7 Å². The van der Waals surface area contributed by atoms with Crippen molar-refractivity contribution in [1.29, 1.82) is 0 Å². The zero-order chi connectivity index (χ0) is 22.1. The number of rotatable bonds is 9. The van der Waals surface area contributed by atoms with E-state index in [1.54, 1.807) is 19.2 Å². The first kappa shape index (κ1) is 22.6. The summed E-state index contributed by atoms with van der Waals surface area (Å²) in [6, 6.07) is 15.8. The number of halogens is 1. The number of oxime groups is 1. The van der Waals surface area contributed by atoms with E-state index in [4.69, 9.17) is 14.3 Å². The highest BCUT2D eigenvalue weighted by Crippen LogP contribution is 2.15. The van der Waals surface area contributed by atoms with E-state index in [-0.39, 0.29) is 25.2 Å². The van der Waals surface area contributed by atoms with E-state index in [0.29, 0.717) is 23.2 Å². The zero-order valence-corrected chi connectivity index (χ0v) is 18.6. The molecule has 3 rings (SSSR count).